The molecule has 0 bridgehead atoms. The fourth-order valence-corrected chi connectivity index (χ4v) is 1.74. The van der Waals surface area contributed by atoms with Crippen molar-refractivity contribution in [3.05, 3.63) is 28.8 Å². The van der Waals surface area contributed by atoms with Crippen LogP contribution >= 0.6 is 0 Å². The van der Waals surface area contributed by atoms with Gasteiger partial charge in [-0.15, -0.1) is 0 Å². The summed E-state index contributed by atoms with van der Waals surface area (Å²) in [6, 6.07) is 0. The monoisotopic (exact) mass is 233 g/mol. The first-order valence-corrected chi connectivity index (χ1v) is 5.32. The molecule has 1 amide bonds. The lowest BCUT2D eigenvalue weighted by Gasteiger charge is -2.03. The van der Waals surface area contributed by atoms with Crippen LogP contribution in [0.3, 0.4) is 0 Å². The zero-order chi connectivity index (χ0) is 12.6. The van der Waals surface area contributed by atoms with Gasteiger partial charge >= 0.3 is 0 Å². The molecule has 2 heterocycles. The molecule has 0 aromatic carbocycles. The molecule has 0 radical (unpaired) electrons. The third kappa shape index (κ3) is 2.06. The summed E-state index contributed by atoms with van der Waals surface area (Å²) in [5.74, 6) is -0.164. The quantitative estimate of drug-likeness (QED) is 0.821. The minimum atomic E-state index is -0.164. The molecule has 0 aliphatic rings. The van der Waals surface area contributed by atoms with E-state index in [4.69, 9.17) is 0 Å². The summed E-state index contributed by atoms with van der Waals surface area (Å²) in [6.07, 6.45) is 1.70. The minimum Gasteiger partial charge on any atom is -0.319 e. The Kier molecular flexibility index (Phi) is 2.71. The smallest absolute Gasteiger partial charge is 0.259 e. The van der Waals surface area contributed by atoms with Crippen LogP contribution in [-0.2, 0) is 7.05 Å². The van der Waals surface area contributed by atoms with Crippen molar-refractivity contribution in [3.8, 4) is 0 Å². The molecule has 0 saturated carbocycles. The van der Waals surface area contributed by atoms with Gasteiger partial charge < -0.3 is 5.32 Å². The molecule has 0 atom stereocenters. The first kappa shape index (κ1) is 11.4. The Morgan fingerprint density at radius 1 is 1.35 bits per heavy atom. The summed E-state index contributed by atoms with van der Waals surface area (Å²) >= 11 is 0. The van der Waals surface area contributed by atoms with Crippen LogP contribution in [0.15, 0.2) is 6.20 Å². The van der Waals surface area contributed by atoms with Crippen molar-refractivity contribution in [1.82, 2.24) is 20.0 Å². The molecule has 6 heteroatoms. The third-order valence-electron chi connectivity index (χ3n) is 2.62. The summed E-state index contributed by atoms with van der Waals surface area (Å²) in [7, 11) is 1.79. The van der Waals surface area contributed by atoms with Gasteiger partial charge in [0.2, 0.25) is 0 Å². The number of rotatable bonds is 2. The highest BCUT2D eigenvalue weighted by Crippen LogP contribution is 2.17. The second-order valence-corrected chi connectivity index (χ2v) is 4.06. The van der Waals surface area contributed by atoms with Gasteiger partial charge in [-0.2, -0.15) is 10.2 Å². The SMILES string of the molecule is Cc1nn(C)cc1C(=O)Nc1c(C)n[nH]c1C. The highest BCUT2D eigenvalue weighted by atomic mass is 16.1. The normalized spacial score (nSPS) is 10.6. The Labute approximate surface area is 99.0 Å². The van der Waals surface area contributed by atoms with Gasteiger partial charge in [0.05, 0.1) is 28.3 Å². The van der Waals surface area contributed by atoms with E-state index in [-0.39, 0.29) is 5.91 Å². The van der Waals surface area contributed by atoms with Crippen molar-refractivity contribution in [1.29, 1.82) is 0 Å². The van der Waals surface area contributed by atoms with Crippen LogP contribution in [0.1, 0.15) is 27.4 Å². The number of aryl methyl sites for hydroxylation is 4. The van der Waals surface area contributed by atoms with Gasteiger partial charge in [-0.25, -0.2) is 0 Å². The molecule has 2 N–H and O–H groups in total. The largest absolute Gasteiger partial charge is 0.319 e. The van der Waals surface area contributed by atoms with Gasteiger partial charge in [0.1, 0.15) is 0 Å². The molecule has 2 aromatic rings. The summed E-state index contributed by atoms with van der Waals surface area (Å²) in [4.78, 5) is 12.0. The number of hydrogen-bond acceptors (Lipinski definition) is 3. The summed E-state index contributed by atoms with van der Waals surface area (Å²) < 4.78 is 1.62. The maximum absolute atomic E-state index is 12.0. The lowest BCUT2D eigenvalue weighted by molar-refractivity contribution is 0.102. The van der Waals surface area contributed by atoms with Crippen LogP contribution in [0.2, 0.25) is 0 Å². The van der Waals surface area contributed by atoms with E-state index in [0.717, 1.165) is 17.1 Å². The number of nitrogens with zero attached hydrogens (tertiary/aromatic N) is 3. The van der Waals surface area contributed by atoms with Crippen LogP contribution in [0, 0.1) is 20.8 Å². The lowest BCUT2D eigenvalue weighted by atomic mass is 10.2. The van der Waals surface area contributed by atoms with Crippen molar-refractivity contribution in [3.63, 3.8) is 0 Å². The van der Waals surface area contributed by atoms with E-state index < -0.39 is 0 Å². The predicted octanol–water partition coefficient (Wildman–Crippen LogP) is 1.32. The van der Waals surface area contributed by atoms with E-state index >= 15 is 0 Å². The van der Waals surface area contributed by atoms with Crippen molar-refractivity contribution >= 4 is 11.6 Å². The van der Waals surface area contributed by atoms with E-state index in [2.05, 4.69) is 20.6 Å². The Balaban J connectivity index is 2.26. The molecule has 0 aliphatic heterocycles. The molecule has 0 fully saturated rings. The second-order valence-electron chi connectivity index (χ2n) is 4.06. The predicted molar refractivity (Wildman–Crippen MR) is 64.0 cm³/mol. The van der Waals surface area contributed by atoms with Gasteiger partial charge in [-0.3, -0.25) is 14.6 Å². The van der Waals surface area contributed by atoms with E-state index in [0.29, 0.717) is 11.3 Å². The zero-order valence-corrected chi connectivity index (χ0v) is 10.3. The van der Waals surface area contributed by atoms with Crippen LogP contribution in [0.5, 0.6) is 0 Å². The number of anilines is 1. The highest BCUT2D eigenvalue weighted by molar-refractivity contribution is 6.05. The Morgan fingerprint density at radius 2 is 2.06 bits per heavy atom. The fourth-order valence-electron chi connectivity index (χ4n) is 1.74. The van der Waals surface area contributed by atoms with Gasteiger partial charge in [0, 0.05) is 13.2 Å². The summed E-state index contributed by atoms with van der Waals surface area (Å²) in [6.45, 7) is 5.52. The molecule has 2 aromatic heterocycles. The van der Waals surface area contributed by atoms with Gasteiger partial charge in [-0.05, 0) is 20.8 Å². The van der Waals surface area contributed by atoms with E-state index in [1.54, 1.807) is 17.9 Å². The lowest BCUT2D eigenvalue weighted by Crippen LogP contribution is -2.13. The van der Waals surface area contributed by atoms with Crippen molar-refractivity contribution in [2.75, 3.05) is 5.32 Å². The molecule has 17 heavy (non-hydrogen) atoms. The first-order valence-electron chi connectivity index (χ1n) is 5.32. The molecule has 6 nitrogen and oxygen atoms in total. The van der Waals surface area contributed by atoms with Crippen LogP contribution in [0.4, 0.5) is 5.69 Å². The maximum Gasteiger partial charge on any atom is 0.259 e. The standard InChI is InChI=1S/C11H15N5O/c1-6-9(5-16(4)15-6)11(17)12-10-7(2)13-14-8(10)3/h5H,1-4H3,(H,12,17)(H,13,14). The number of nitrogens with one attached hydrogen (secondary N) is 2. The molecule has 90 valence electrons. The number of hydrogen-bond donors (Lipinski definition) is 2. The molecule has 0 saturated heterocycles. The first-order chi connectivity index (χ1) is 7.99. The summed E-state index contributed by atoms with van der Waals surface area (Å²) in [5.41, 5.74) is 3.64. The van der Waals surface area contributed by atoms with Crippen molar-refractivity contribution < 1.29 is 4.79 Å². The number of carbonyl (C=O) groups excluding carboxylic acids is 1. The number of amides is 1. The van der Waals surface area contributed by atoms with E-state index in [1.165, 1.54) is 0 Å². The topological polar surface area (TPSA) is 75.6 Å². The average Bonchev–Trinajstić information content (AvgIpc) is 2.74. The molecule has 0 spiro atoms. The number of aromatic nitrogens is 4. The minimum absolute atomic E-state index is 0.164. The van der Waals surface area contributed by atoms with Crippen molar-refractivity contribution in [2.24, 2.45) is 7.05 Å². The van der Waals surface area contributed by atoms with E-state index in [9.17, 15) is 4.79 Å². The number of H-pyrrole nitrogens is 1. The van der Waals surface area contributed by atoms with Gasteiger partial charge in [-0.1, -0.05) is 0 Å². The maximum atomic E-state index is 12.0. The molecular formula is C11H15N5O. The average molecular weight is 233 g/mol. The Bertz CT molecular complexity index is 547. The van der Waals surface area contributed by atoms with Crippen LogP contribution in [-0.4, -0.2) is 25.9 Å². The molecule has 0 unspecified atom stereocenters. The second kappa shape index (κ2) is 4.04. The van der Waals surface area contributed by atoms with Crippen LogP contribution < -0.4 is 5.32 Å². The number of aromatic amines is 1. The van der Waals surface area contributed by atoms with E-state index in [1.807, 2.05) is 20.8 Å². The highest BCUT2D eigenvalue weighted by Gasteiger charge is 2.15. The fraction of sp³-hybridized carbons (Fsp3) is 0.364. The molecule has 2 rings (SSSR count). The van der Waals surface area contributed by atoms with Crippen molar-refractivity contribution in [2.45, 2.75) is 20.8 Å². The van der Waals surface area contributed by atoms with Gasteiger partial charge in [0.15, 0.2) is 0 Å². The van der Waals surface area contributed by atoms with Gasteiger partial charge in [0.25, 0.3) is 5.91 Å². The Morgan fingerprint density at radius 3 is 2.53 bits per heavy atom. The number of carbonyl (C=O) groups is 1. The molecule has 0 aliphatic carbocycles. The zero-order valence-electron chi connectivity index (χ0n) is 10.3. The van der Waals surface area contributed by atoms with Crippen LogP contribution in [0.25, 0.3) is 0 Å². The Hall–Kier alpha value is -2.11. The summed E-state index contributed by atoms with van der Waals surface area (Å²) in [5, 5.41) is 13.8. The third-order valence-corrected chi connectivity index (χ3v) is 2.62. The molecular weight excluding hydrogens is 218 g/mol.